The van der Waals surface area contributed by atoms with E-state index in [0.717, 1.165) is 13.1 Å². The molecule has 0 radical (unpaired) electrons. The number of nitrogens with zero attached hydrogens (tertiary/aromatic N) is 4. The molecule has 2 saturated heterocycles. The van der Waals surface area contributed by atoms with Crippen molar-refractivity contribution >= 4 is 22.4 Å². The number of nitrogen functional groups attached to an aromatic ring is 1. The largest absolute Gasteiger partial charge is 0.374 e. The van der Waals surface area contributed by atoms with Gasteiger partial charge in [-0.25, -0.2) is 0 Å². The van der Waals surface area contributed by atoms with Crippen LogP contribution in [0.1, 0.15) is 36.0 Å². The summed E-state index contributed by atoms with van der Waals surface area (Å²) in [6.45, 7) is 5.04. The van der Waals surface area contributed by atoms with E-state index in [9.17, 15) is 4.79 Å². The molecule has 1 amide bonds. The zero-order valence-electron chi connectivity index (χ0n) is 11.1. The predicted molar refractivity (Wildman–Crippen MR) is 74.0 cm³/mol. The third-order valence-electron chi connectivity index (χ3n) is 4.07. The van der Waals surface area contributed by atoms with Gasteiger partial charge < -0.3 is 10.6 Å². The van der Waals surface area contributed by atoms with Crippen LogP contribution in [0.25, 0.3) is 0 Å². The molecule has 0 aliphatic carbocycles. The Labute approximate surface area is 116 Å². The van der Waals surface area contributed by atoms with Crippen LogP contribution in [0.3, 0.4) is 0 Å². The minimum atomic E-state index is -0.0214. The third kappa shape index (κ3) is 2.44. The van der Waals surface area contributed by atoms with Crippen LogP contribution in [-0.2, 0) is 0 Å². The van der Waals surface area contributed by atoms with Crippen LogP contribution in [0.2, 0.25) is 0 Å². The number of rotatable bonds is 1. The van der Waals surface area contributed by atoms with Crippen molar-refractivity contribution in [1.82, 2.24) is 20.0 Å². The second kappa shape index (κ2) is 5.05. The van der Waals surface area contributed by atoms with Crippen molar-refractivity contribution in [2.45, 2.75) is 38.3 Å². The van der Waals surface area contributed by atoms with Crippen LogP contribution < -0.4 is 5.73 Å². The summed E-state index contributed by atoms with van der Waals surface area (Å²) in [5, 5.41) is 8.36. The molecule has 2 unspecified atom stereocenters. The maximum absolute atomic E-state index is 12.5. The Morgan fingerprint density at radius 3 is 2.95 bits per heavy atom. The molecule has 2 atom stereocenters. The zero-order chi connectivity index (χ0) is 13.4. The highest BCUT2D eigenvalue weighted by atomic mass is 32.1. The fourth-order valence-electron chi connectivity index (χ4n) is 3.08. The van der Waals surface area contributed by atoms with Gasteiger partial charge in [-0.2, -0.15) is 0 Å². The molecule has 1 aromatic rings. The van der Waals surface area contributed by atoms with Gasteiger partial charge in [0.2, 0.25) is 10.1 Å². The molecular weight excluding hydrogens is 262 g/mol. The zero-order valence-corrected chi connectivity index (χ0v) is 11.9. The standard InChI is InChI=1S/C12H19N5OS/c1-8-6-16-5-3-2-4-9(16)7-17(8)11(18)10-14-15-12(13)19-10/h8-9H,2-7H2,1H3,(H2,13,15). The van der Waals surface area contributed by atoms with Gasteiger partial charge in [-0.3, -0.25) is 9.69 Å². The smallest absolute Gasteiger partial charge is 0.285 e. The first-order valence-electron chi connectivity index (χ1n) is 6.79. The van der Waals surface area contributed by atoms with E-state index in [0.29, 0.717) is 16.2 Å². The van der Waals surface area contributed by atoms with Crippen molar-refractivity contribution in [2.24, 2.45) is 0 Å². The maximum Gasteiger partial charge on any atom is 0.285 e. The van der Waals surface area contributed by atoms with Gasteiger partial charge in [0.05, 0.1) is 0 Å². The molecule has 2 aliphatic rings. The van der Waals surface area contributed by atoms with E-state index in [-0.39, 0.29) is 11.9 Å². The van der Waals surface area contributed by atoms with Crippen molar-refractivity contribution in [3.63, 3.8) is 0 Å². The van der Waals surface area contributed by atoms with Crippen molar-refractivity contribution in [3.8, 4) is 0 Å². The topological polar surface area (TPSA) is 75.3 Å². The van der Waals surface area contributed by atoms with Gasteiger partial charge in [-0.1, -0.05) is 17.8 Å². The molecule has 2 fully saturated rings. The van der Waals surface area contributed by atoms with Gasteiger partial charge in [0, 0.05) is 25.2 Å². The summed E-state index contributed by atoms with van der Waals surface area (Å²) in [5.74, 6) is -0.0214. The number of nitrogens with two attached hydrogens (primary N) is 1. The van der Waals surface area contributed by atoms with Crippen LogP contribution in [0.15, 0.2) is 0 Å². The normalized spacial score (nSPS) is 28.2. The number of hydrogen-bond donors (Lipinski definition) is 1. The lowest BCUT2D eigenvalue weighted by atomic mass is 9.97. The molecule has 0 saturated carbocycles. The number of anilines is 1. The van der Waals surface area contributed by atoms with Crippen molar-refractivity contribution < 1.29 is 4.79 Å². The molecule has 19 heavy (non-hydrogen) atoms. The SMILES string of the molecule is CC1CN2CCCCC2CN1C(=O)c1nnc(N)s1. The first-order chi connectivity index (χ1) is 9.15. The minimum absolute atomic E-state index is 0.0214. The highest BCUT2D eigenvalue weighted by Crippen LogP contribution is 2.25. The van der Waals surface area contributed by atoms with Crippen molar-refractivity contribution in [1.29, 1.82) is 0 Å². The van der Waals surface area contributed by atoms with E-state index in [4.69, 9.17) is 5.73 Å². The Hall–Kier alpha value is -1.21. The van der Waals surface area contributed by atoms with E-state index in [1.807, 2.05) is 4.90 Å². The highest BCUT2D eigenvalue weighted by Gasteiger charge is 2.36. The number of piperazine rings is 1. The Morgan fingerprint density at radius 1 is 1.37 bits per heavy atom. The minimum Gasteiger partial charge on any atom is -0.374 e. The molecule has 0 aromatic carbocycles. The van der Waals surface area contributed by atoms with Crippen molar-refractivity contribution in [2.75, 3.05) is 25.4 Å². The quantitative estimate of drug-likeness (QED) is 0.825. The molecule has 104 valence electrons. The number of carbonyl (C=O) groups is 1. The highest BCUT2D eigenvalue weighted by molar-refractivity contribution is 7.16. The van der Waals surface area contributed by atoms with Gasteiger partial charge in [0.1, 0.15) is 0 Å². The second-order valence-electron chi connectivity index (χ2n) is 5.40. The molecule has 6 nitrogen and oxygen atoms in total. The molecule has 3 rings (SSSR count). The third-order valence-corrected chi connectivity index (χ3v) is 4.81. The van der Waals surface area contributed by atoms with E-state index in [2.05, 4.69) is 22.0 Å². The average molecular weight is 281 g/mol. The number of aromatic nitrogens is 2. The molecule has 2 aliphatic heterocycles. The number of fused-ring (bicyclic) bond motifs is 1. The van der Waals surface area contributed by atoms with Crippen LogP contribution in [-0.4, -0.2) is 57.6 Å². The molecule has 7 heteroatoms. The number of amides is 1. The van der Waals surface area contributed by atoms with Gasteiger partial charge in [-0.05, 0) is 26.3 Å². The second-order valence-corrected chi connectivity index (χ2v) is 6.41. The number of piperidine rings is 1. The lowest BCUT2D eigenvalue weighted by Crippen LogP contribution is -2.60. The number of hydrogen-bond acceptors (Lipinski definition) is 6. The molecule has 3 heterocycles. The van der Waals surface area contributed by atoms with Crippen LogP contribution in [0.4, 0.5) is 5.13 Å². The molecule has 0 spiro atoms. The molecule has 2 N–H and O–H groups in total. The lowest BCUT2D eigenvalue weighted by molar-refractivity contribution is 0.0151. The van der Waals surface area contributed by atoms with Crippen LogP contribution in [0, 0.1) is 0 Å². The summed E-state index contributed by atoms with van der Waals surface area (Å²) >= 11 is 1.17. The predicted octanol–water partition coefficient (Wildman–Crippen LogP) is 0.819. The summed E-state index contributed by atoms with van der Waals surface area (Å²) in [6, 6.07) is 0.742. The van der Waals surface area contributed by atoms with E-state index < -0.39 is 0 Å². The summed E-state index contributed by atoms with van der Waals surface area (Å²) in [6.07, 6.45) is 3.74. The van der Waals surface area contributed by atoms with E-state index in [1.165, 1.54) is 37.1 Å². The Kier molecular flexibility index (Phi) is 3.40. The molecular formula is C12H19N5OS. The summed E-state index contributed by atoms with van der Waals surface area (Å²) in [4.78, 5) is 16.9. The van der Waals surface area contributed by atoms with Crippen LogP contribution in [0.5, 0.6) is 0 Å². The van der Waals surface area contributed by atoms with E-state index >= 15 is 0 Å². The molecule has 1 aromatic heterocycles. The average Bonchev–Trinajstić information content (AvgIpc) is 2.84. The van der Waals surface area contributed by atoms with Gasteiger partial charge >= 0.3 is 0 Å². The number of carbonyl (C=O) groups excluding carboxylic acids is 1. The Balaban J connectivity index is 1.75. The van der Waals surface area contributed by atoms with Crippen molar-refractivity contribution in [3.05, 3.63) is 5.01 Å². The maximum atomic E-state index is 12.5. The Bertz CT molecular complexity index is 476. The monoisotopic (exact) mass is 281 g/mol. The van der Waals surface area contributed by atoms with Gasteiger partial charge in [0.25, 0.3) is 5.91 Å². The summed E-state index contributed by atoms with van der Waals surface area (Å²) < 4.78 is 0. The van der Waals surface area contributed by atoms with Gasteiger partial charge in [0.15, 0.2) is 0 Å². The van der Waals surface area contributed by atoms with Gasteiger partial charge in [-0.15, -0.1) is 10.2 Å². The van der Waals surface area contributed by atoms with Crippen LogP contribution >= 0.6 is 11.3 Å². The summed E-state index contributed by atoms with van der Waals surface area (Å²) in [5.41, 5.74) is 5.55. The fourth-order valence-corrected chi connectivity index (χ4v) is 3.64. The first kappa shape index (κ1) is 12.8. The lowest BCUT2D eigenvalue weighted by Gasteiger charge is -2.47. The summed E-state index contributed by atoms with van der Waals surface area (Å²) in [7, 11) is 0. The Morgan fingerprint density at radius 2 is 2.21 bits per heavy atom. The fraction of sp³-hybridized carbons (Fsp3) is 0.750. The van der Waals surface area contributed by atoms with E-state index in [1.54, 1.807) is 0 Å². The molecule has 0 bridgehead atoms. The first-order valence-corrected chi connectivity index (χ1v) is 7.61.